The largest absolute Gasteiger partial charge is 0.872 e. The van der Waals surface area contributed by atoms with E-state index in [2.05, 4.69) is 15.6 Å². The van der Waals surface area contributed by atoms with Gasteiger partial charge in [0, 0.05) is 48.3 Å². The van der Waals surface area contributed by atoms with E-state index in [1.807, 2.05) is 0 Å². The number of hydrogen-bond acceptors (Lipinski definition) is 13. The van der Waals surface area contributed by atoms with E-state index < -0.39 is 48.8 Å². The highest BCUT2D eigenvalue weighted by molar-refractivity contribution is 6.09. The minimum absolute atomic E-state index is 0.0539. The van der Waals surface area contributed by atoms with Gasteiger partial charge in [0.15, 0.2) is 5.43 Å². The molecule has 16 nitrogen and oxygen atoms in total. The van der Waals surface area contributed by atoms with E-state index in [1.54, 1.807) is 0 Å². The number of alkyl carbamates (subject to hydrolysis) is 1. The lowest BCUT2D eigenvalue weighted by atomic mass is 9.90. The van der Waals surface area contributed by atoms with Gasteiger partial charge in [-0.05, 0) is 42.0 Å². The van der Waals surface area contributed by atoms with E-state index in [4.69, 9.17) is 13.9 Å². The number of fused-ring (bicyclic) bond motifs is 2. The lowest BCUT2D eigenvalue weighted by Crippen LogP contribution is -2.32. The second-order valence-electron chi connectivity index (χ2n) is 11.0. The van der Waals surface area contributed by atoms with Crippen molar-refractivity contribution in [2.24, 2.45) is 0 Å². The Morgan fingerprint density at radius 1 is 1.02 bits per heavy atom. The average molecular weight is 672 g/mol. The van der Waals surface area contributed by atoms with Gasteiger partial charge < -0.3 is 45.0 Å². The monoisotopic (exact) mass is 671 g/mol. The Balaban J connectivity index is 1.12. The second-order valence-corrected chi connectivity index (χ2v) is 11.0. The Labute approximate surface area is 275 Å². The predicted octanol–water partition coefficient (Wildman–Crippen LogP) is 1.51. The van der Waals surface area contributed by atoms with Gasteiger partial charge in [0.05, 0.1) is 23.8 Å². The molecule has 3 atom stereocenters. The summed E-state index contributed by atoms with van der Waals surface area (Å²) in [5, 5.41) is 46.8. The molecule has 3 aliphatic rings. The van der Waals surface area contributed by atoms with Crippen molar-refractivity contribution in [1.29, 1.82) is 0 Å². The fourth-order valence-corrected chi connectivity index (χ4v) is 5.52. The number of aromatic carboxylic acids is 1. The van der Waals surface area contributed by atoms with Crippen molar-refractivity contribution in [3.8, 4) is 28.2 Å². The number of ether oxygens (including phenoxy) is 2. The number of aromatic nitrogens is 2. The van der Waals surface area contributed by atoms with E-state index in [-0.39, 0.29) is 64.5 Å². The van der Waals surface area contributed by atoms with Gasteiger partial charge in [-0.15, -0.1) is 5.75 Å². The molecule has 0 radical (unpaired) electrons. The lowest BCUT2D eigenvalue weighted by molar-refractivity contribution is -0.268. The third-order valence-corrected chi connectivity index (χ3v) is 7.83. The van der Waals surface area contributed by atoms with Crippen LogP contribution in [0.2, 0.25) is 0 Å². The number of nitrogens with one attached hydrogen (secondary N) is 2. The molecule has 2 aromatic carbocycles. The van der Waals surface area contributed by atoms with Gasteiger partial charge in [-0.3, -0.25) is 9.36 Å². The van der Waals surface area contributed by atoms with Crippen molar-refractivity contribution in [2.45, 2.75) is 24.9 Å². The van der Waals surface area contributed by atoms with Crippen LogP contribution in [0.1, 0.15) is 33.4 Å². The molecule has 252 valence electrons. The fraction of sp³-hybridized carbons (Fsp3) is 0.212. The van der Waals surface area contributed by atoms with Crippen LogP contribution in [0, 0.1) is 0 Å². The van der Waals surface area contributed by atoms with Crippen molar-refractivity contribution in [3.05, 3.63) is 98.7 Å². The number of aliphatic hydroxyl groups excluding tert-OH is 2. The summed E-state index contributed by atoms with van der Waals surface area (Å²) in [7, 11) is 0. The standard InChI is InChI=1S/C33H28N4O12/c38-15-26-23(41)14-28(48-26)37-10-7-27(36-32(37)45)34-8-9-35-33(46)49-31(44)16-1-4-19(22(11-16)30(42)43)29-20-5-2-17(39)12-24(20)47-25-13-18(40)3-6-21(25)29/h1-7,10-13,23,26,28,38-39,41H,8-9,14-15H2,(H,35,46)(H,42,43)(H,34,36,45)/p-1/t23-,26+,28+/m0/s1. The number of aliphatic hydroxyl groups is 2. The summed E-state index contributed by atoms with van der Waals surface area (Å²) >= 11 is 0. The van der Waals surface area contributed by atoms with Crippen molar-refractivity contribution in [2.75, 3.05) is 25.0 Å². The zero-order valence-electron chi connectivity index (χ0n) is 25.3. The summed E-state index contributed by atoms with van der Waals surface area (Å²) in [6.45, 7) is -0.369. The van der Waals surface area contributed by atoms with E-state index in [9.17, 15) is 44.4 Å². The predicted molar refractivity (Wildman–Crippen MR) is 168 cm³/mol. The van der Waals surface area contributed by atoms with E-state index in [0.717, 1.165) is 6.07 Å². The summed E-state index contributed by atoms with van der Waals surface area (Å²) in [6.07, 6.45) is -2.10. The second kappa shape index (κ2) is 13.6. The SMILES string of the molecule is O=C(NCCNc1ccn([C@H]2C[C@H](O)[C@@H](CO)O2)c(=O)n1)OC(=O)c1ccc(-c2c3ccc(=O)cc-3oc3cc([O-])ccc23)c(C(=O)O)c1. The molecular weight excluding hydrogens is 644 g/mol. The Kier molecular flexibility index (Phi) is 9.08. The van der Waals surface area contributed by atoms with Crippen LogP contribution < -0.4 is 26.9 Å². The molecular formula is C33H27N4O12-. The summed E-state index contributed by atoms with van der Waals surface area (Å²) < 4.78 is 17.3. The van der Waals surface area contributed by atoms with Crippen LogP contribution >= 0.6 is 0 Å². The normalized spacial score (nSPS) is 17.2. The van der Waals surface area contributed by atoms with E-state index in [0.29, 0.717) is 16.5 Å². The Bertz CT molecular complexity index is 2180. The van der Waals surface area contributed by atoms with Crippen LogP contribution in [-0.2, 0) is 9.47 Å². The lowest BCUT2D eigenvalue weighted by Gasteiger charge is -2.18. The van der Waals surface area contributed by atoms with E-state index >= 15 is 0 Å². The quantitative estimate of drug-likeness (QED) is 0.0646. The molecule has 16 heteroatoms. The van der Waals surface area contributed by atoms with Crippen LogP contribution in [0.25, 0.3) is 33.4 Å². The molecule has 49 heavy (non-hydrogen) atoms. The zero-order valence-corrected chi connectivity index (χ0v) is 25.3. The summed E-state index contributed by atoms with van der Waals surface area (Å²) in [6, 6.07) is 13.1. The maximum Gasteiger partial charge on any atom is 0.415 e. The van der Waals surface area contributed by atoms with Crippen molar-refractivity contribution in [1.82, 2.24) is 14.9 Å². The first kappa shape index (κ1) is 32.8. The van der Waals surface area contributed by atoms with Crippen molar-refractivity contribution in [3.63, 3.8) is 0 Å². The molecule has 1 amide bonds. The van der Waals surface area contributed by atoms with E-state index in [1.165, 1.54) is 65.4 Å². The molecule has 1 aromatic heterocycles. The number of carboxylic acid groups (broad SMARTS) is 1. The van der Waals surface area contributed by atoms with Crippen molar-refractivity contribution < 1.29 is 48.7 Å². The number of rotatable bonds is 9. The van der Waals surface area contributed by atoms with Gasteiger partial charge >= 0.3 is 23.7 Å². The number of amides is 1. The maximum absolute atomic E-state index is 12.8. The minimum Gasteiger partial charge on any atom is -0.872 e. The Morgan fingerprint density at radius 3 is 2.55 bits per heavy atom. The molecule has 3 heterocycles. The van der Waals surface area contributed by atoms with Crippen LogP contribution in [-0.4, -0.2) is 74.8 Å². The number of esters is 1. The van der Waals surface area contributed by atoms with Gasteiger partial charge in [-0.1, -0.05) is 18.2 Å². The molecule has 1 fully saturated rings. The Hall–Kier alpha value is -6.10. The van der Waals surface area contributed by atoms with Crippen LogP contribution in [0.3, 0.4) is 0 Å². The number of nitrogens with zero attached hydrogens (tertiary/aromatic N) is 2. The highest BCUT2D eigenvalue weighted by Gasteiger charge is 2.35. The highest BCUT2D eigenvalue weighted by atomic mass is 16.6. The van der Waals surface area contributed by atoms with Crippen LogP contribution in [0.5, 0.6) is 5.75 Å². The van der Waals surface area contributed by atoms with Gasteiger partial charge in [0.25, 0.3) is 0 Å². The Morgan fingerprint density at radius 2 is 1.82 bits per heavy atom. The molecule has 0 unspecified atom stereocenters. The van der Waals surface area contributed by atoms with Gasteiger partial charge in [-0.2, -0.15) is 4.98 Å². The first-order valence-corrected chi connectivity index (χ1v) is 14.8. The van der Waals surface area contributed by atoms with Gasteiger partial charge in [0.1, 0.15) is 29.5 Å². The first-order chi connectivity index (χ1) is 23.5. The maximum atomic E-state index is 12.8. The first-order valence-electron chi connectivity index (χ1n) is 14.8. The summed E-state index contributed by atoms with van der Waals surface area (Å²) in [5.41, 5.74) is -0.540. The molecule has 2 aliphatic heterocycles. The fourth-order valence-electron chi connectivity index (χ4n) is 5.52. The molecule has 0 bridgehead atoms. The molecule has 5 N–H and O–H groups in total. The highest BCUT2D eigenvalue weighted by Crippen LogP contribution is 2.42. The van der Waals surface area contributed by atoms with Crippen LogP contribution in [0.15, 0.2) is 80.9 Å². The third kappa shape index (κ3) is 6.82. The van der Waals surface area contributed by atoms with Gasteiger partial charge in [-0.25, -0.2) is 19.2 Å². The third-order valence-electron chi connectivity index (χ3n) is 7.83. The number of carboxylic acids is 1. The number of hydrogen-bond donors (Lipinski definition) is 5. The number of anilines is 1. The molecule has 3 aromatic rings. The number of carbonyl (C=O) groups excluding carboxylic acids is 2. The van der Waals surface area contributed by atoms with Crippen molar-refractivity contribution >= 4 is 34.8 Å². The van der Waals surface area contributed by atoms with Crippen LogP contribution in [0.4, 0.5) is 10.6 Å². The smallest absolute Gasteiger partial charge is 0.415 e. The minimum atomic E-state index is -1.40. The molecule has 1 saturated heterocycles. The number of carbonyl (C=O) groups is 3. The topological polar surface area (TPSA) is 243 Å². The molecule has 6 rings (SSSR count). The molecule has 1 aliphatic carbocycles. The summed E-state index contributed by atoms with van der Waals surface area (Å²) in [4.78, 5) is 65.9. The summed E-state index contributed by atoms with van der Waals surface area (Å²) in [5.74, 6) is -2.57. The molecule has 0 spiro atoms. The van der Waals surface area contributed by atoms with Gasteiger partial charge in [0.2, 0.25) is 0 Å². The number of benzene rings is 3. The zero-order chi connectivity index (χ0) is 34.8. The average Bonchev–Trinajstić information content (AvgIpc) is 3.45. The molecule has 0 saturated carbocycles.